The fourth-order valence-corrected chi connectivity index (χ4v) is 4.30. The molecule has 132 valence electrons. The molecule has 0 bridgehead atoms. The Morgan fingerprint density at radius 2 is 1.26 bits per heavy atom. The van der Waals surface area contributed by atoms with Gasteiger partial charge in [0.25, 0.3) is 0 Å². The van der Waals surface area contributed by atoms with Crippen LogP contribution in [0.15, 0.2) is 83.6 Å². The van der Waals surface area contributed by atoms with Crippen molar-refractivity contribution < 1.29 is 5.11 Å². The Morgan fingerprint density at radius 3 is 1.85 bits per heavy atom. The fourth-order valence-electron chi connectivity index (χ4n) is 3.92. The van der Waals surface area contributed by atoms with Crippen LogP contribution in [-0.4, -0.2) is 15.1 Å². The first-order valence-corrected chi connectivity index (χ1v) is 9.62. The molecule has 0 atom stereocenters. The molecule has 27 heavy (non-hydrogen) atoms. The lowest BCUT2D eigenvalue weighted by Crippen LogP contribution is -2.03. The number of phenols is 1. The summed E-state index contributed by atoms with van der Waals surface area (Å²) in [5, 5.41) is 13.0. The zero-order valence-electron chi connectivity index (χ0n) is 14.4. The summed E-state index contributed by atoms with van der Waals surface area (Å²) in [5.41, 5.74) is 5.34. The number of aromatic amines is 2. The summed E-state index contributed by atoms with van der Waals surface area (Å²) in [4.78, 5) is 6.76. The smallest absolute Gasteiger partial charge is 0.119 e. The summed E-state index contributed by atoms with van der Waals surface area (Å²) in [7, 11) is 0. The van der Waals surface area contributed by atoms with Crippen molar-refractivity contribution in [2.75, 3.05) is 0 Å². The number of aromatic nitrogens is 2. The number of benzene rings is 3. The SMILES string of the molecule is Oc1ccc(Br)cc1C(c1c[nH]c2ccccc12)c1c[nH]c2ccccc12. The van der Waals surface area contributed by atoms with Crippen LogP contribution in [0.4, 0.5) is 0 Å². The van der Waals surface area contributed by atoms with Crippen molar-refractivity contribution in [3.05, 3.63) is 100 Å². The highest BCUT2D eigenvalue weighted by Gasteiger charge is 2.25. The van der Waals surface area contributed by atoms with Crippen LogP contribution in [0.3, 0.4) is 0 Å². The van der Waals surface area contributed by atoms with E-state index in [0.717, 1.165) is 43.0 Å². The molecule has 5 rings (SSSR count). The van der Waals surface area contributed by atoms with E-state index < -0.39 is 0 Å². The molecule has 0 saturated carbocycles. The van der Waals surface area contributed by atoms with E-state index in [0.29, 0.717) is 5.75 Å². The van der Waals surface area contributed by atoms with Gasteiger partial charge >= 0.3 is 0 Å². The van der Waals surface area contributed by atoms with Crippen LogP contribution in [-0.2, 0) is 0 Å². The standard InChI is InChI=1S/C23H17BrN2O/c24-14-9-10-22(27)17(11-14)23(18-12-25-20-7-3-1-5-15(18)20)19-13-26-21-8-4-2-6-16(19)21/h1-13,23,25-27H. The molecule has 5 aromatic rings. The Hall–Kier alpha value is -2.98. The van der Waals surface area contributed by atoms with Crippen LogP contribution >= 0.6 is 15.9 Å². The number of H-pyrrole nitrogens is 2. The zero-order chi connectivity index (χ0) is 18.4. The van der Waals surface area contributed by atoms with E-state index in [-0.39, 0.29) is 5.92 Å². The second kappa shape index (κ2) is 6.32. The minimum absolute atomic E-state index is 0.102. The maximum Gasteiger partial charge on any atom is 0.119 e. The van der Waals surface area contributed by atoms with Crippen molar-refractivity contribution in [1.82, 2.24) is 9.97 Å². The molecule has 4 heteroatoms. The second-order valence-electron chi connectivity index (χ2n) is 6.72. The molecule has 0 fully saturated rings. The van der Waals surface area contributed by atoms with Gasteiger partial charge in [0.2, 0.25) is 0 Å². The van der Waals surface area contributed by atoms with Crippen molar-refractivity contribution in [1.29, 1.82) is 0 Å². The van der Waals surface area contributed by atoms with Crippen molar-refractivity contribution in [3.8, 4) is 5.75 Å². The third-order valence-electron chi connectivity index (χ3n) is 5.17. The number of nitrogens with one attached hydrogen (secondary N) is 2. The molecule has 2 heterocycles. The number of halogens is 1. The van der Waals surface area contributed by atoms with Gasteiger partial charge in [-0.1, -0.05) is 52.3 Å². The van der Waals surface area contributed by atoms with Gasteiger partial charge < -0.3 is 15.1 Å². The topological polar surface area (TPSA) is 51.8 Å². The molecule has 2 aromatic heterocycles. The third-order valence-corrected chi connectivity index (χ3v) is 5.66. The monoisotopic (exact) mass is 416 g/mol. The predicted molar refractivity (Wildman–Crippen MR) is 113 cm³/mol. The van der Waals surface area contributed by atoms with Crippen molar-refractivity contribution in [3.63, 3.8) is 0 Å². The second-order valence-corrected chi connectivity index (χ2v) is 7.63. The molecule has 0 unspecified atom stereocenters. The first-order chi connectivity index (χ1) is 13.2. The first kappa shape index (κ1) is 16.2. The van der Waals surface area contributed by atoms with Crippen LogP contribution in [0.25, 0.3) is 21.8 Å². The fraction of sp³-hybridized carbons (Fsp3) is 0.0435. The summed E-state index contributed by atoms with van der Waals surface area (Å²) in [6.45, 7) is 0. The molecule has 0 aliphatic rings. The highest BCUT2D eigenvalue weighted by atomic mass is 79.9. The number of fused-ring (bicyclic) bond motifs is 2. The molecule has 0 spiro atoms. The lowest BCUT2D eigenvalue weighted by atomic mass is 9.84. The van der Waals surface area contributed by atoms with Crippen molar-refractivity contribution in [2.45, 2.75) is 5.92 Å². The van der Waals surface area contributed by atoms with E-state index in [4.69, 9.17) is 0 Å². The summed E-state index contributed by atoms with van der Waals surface area (Å²) in [6, 6.07) is 22.2. The number of para-hydroxylation sites is 2. The normalized spacial score (nSPS) is 11.6. The third kappa shape index (κ3) is 2.64. The van der Waals surface area contributed by atoms with Gasteiger partial charge in [0.05, 0.1) is 0 Å². The Kier molecular flexibility index (Phi) is 3.80. The minimum Gasteiger partial charge on any atom is -0.508 e. The molecular formula is C23H17BrN2O. The van der Waals surface area contributed by atoms with Crippen molar-refractivity contribution >= 4 is 37.7 Å². The van der Waals surface area contributed by atoms with Gasteiger partial charge in [-0.25, -0.2) is 0 Å². The van der Waals surface area contributed by atoms with Gasteiger partial charge in [0, 0.05) is 50.2 Å². The Bertz CT molecular complexity index is 1190. The maximum absolute atomic E-state index is 10.7. The van der Waals surface area contributed by atoms with Crippen molar-refractivity contribution in [2.24, 2.45) is 0 Å². The van der Waals surface area contributed by atoms with E-state index in [1.54, 1.807) is 6.07 Å². The highest BCUT2D eigenvalue weighted by Crippen LogP contribution is 2.43. The quantitative estimate of drug-likeness (QED) is 0.317. The molecule has 0 amide bonds. The largest absolute Gasteiger partial charge is 0.508 e. The summed E-state index contributed by atoms with van der Waals surface area (Å²) in [5.74, 6) is 0.188. The minimum atomic E-state index is -0.102. The molecule has 3 nitrogen and oxygen atoms in total. The van der Waals surface area contributed by atoms with Gasteiger partial charge in [-0.2, -0.15) is 0 Å². The Morgan fingerprint density at radius 1 is 0.704 bits per heavy atom. The van der Waals surface area contributed by atoms with Gasteiger partial charge in [-0.3, -0.25) is 0 Å². The van der Waals surface area contributed by atoms with Crippen LogP contribution in [0.5, 0.6) is 5.75 Å². The van der Waals surface area contributed by atoms with Gasteiger partial charge in [-0.15, -0.1) is 0 Å². The molecule has 0 saturated heterocycles. The Balaban J connectivity index is 1.84. The predicted octanol–water partition coefficient (Wildman–Crippen LogP) is 6.30. The van der Waals surface area contributed by atoms with Crippen LogP contribution < -0.4 is 0 Å². The molecular weight excluding hydrogens is 400 g/mol. The average Bonchev–Trinajstić information content (AvgIpc) is 3.30. The van der Waals surface area contributed by atoms with Gasteiger partial charge in [-0.05, 0) is 41.5 Å². The molecule has 0 aliphatic heterocycles. The number of phenolic OH excluding ortho intramolecular Hbond substituents is 1. The number of hydrogen-bond acceptors (Lipinski definition) is 1. The zero-order valence-corrected chi connectivity index (χ0v) is 16.0. The number of aromatic hydroxyl groups is 1. The molecule has 3 N–H and O–H groups in total. The van der Waals surface area contributed by atoms with E-state index in [1.807, 2.05) is 36.4 Å². The molecule has 0 radical (unpaired) electrons. The molecule has 0 aliphatic carbocycles. The summed E-state index contributed by atoms with van der Waals surface area (Å²) in [6.07, 6.45) is 4.11. The van der Waals surface area contributed by atoms with Crippen LogP contribution in [0.1, 0.15) is 22.6 Å². The highest BCUT2D eigenvalue weighted by molar-refractivity contribution is 9.10. The Labute approximate surface area is 164 Å². The first-order valence-electron chi connectivity index (χ1n) is 8.83. The van der Waals surface area contributed by atoms with Crippen LogP contribution in [0.2, 0.25) is 0 Å². The number of rotatable bonds is 3. The average molecular weight is 417 g/mol. The van der Waals surface area contributed by atoms with E-state index in [9.17, 15) is 5.11 Å². The van der Waals surface area contributed by atoms with Gasteiger partial charge in [0.15, 0.2) is 0 Å². The van der Waals surface area contributed by atoms with Gasteiger partial charge in [0.1, 0.15) is 5.75 Å². The lowest BCUT2D eigenvalue weighted by molar-refractivity contribution is 0.467. The number of hydrogen-bond donors (Lipinski definition) is 3. The van der Waals surface area contributed by atoms with E-state index >= 15 is 0 Å². The van der Waals surface area contributed by atoms with Crippen LogP contribution in [0, 0.1) is 0 Å². The maximum atomic E-state index is 10.7. The molecule has 3 aromatic carbocycles. The summed E-state index contributed by atoms with van der Waals surface area (Å²) >= 11 is 3.56. The van der Waals surface area contributed by atoms with E-state index in [2.05, 4.69) is 62.6 Å². The summed E-state index contributed by atoms with van der Waals surface area (Å²) < 4.78 is 0.944. The van der Waals surface area contributed by atoms with E-state index in [1.165, 1.54) is 0 Å². The lowest BCUT2D eigenvalue weighted by Gasteiger charge is -2.19.